The number of rotatable bonds is 4. The molecule has 0 aromatic carbocycles. The number of hydrogen-bond donors (Lipinski definition) is 1. The standard InChI is InChI=1S/C7H10O2.C4H6O2.C2H4/c1-4-5-9-7(8)6(2)3;1-3(2)4(5)6;1-2/h4H,1-2,5H2,3H3;1H2,2H3,(H,5,6);1-2H2. The maximum Gasteiger partial charge on any atom is 0.333 e. The zero-order valence-electron chi connectivity index (χ0n) is 10.5. The lowest BCUT2D eigenvalue weighted by Crippen LogP contribution is -2.03. The van der Waals surface area contributed by atoms with E-state index in [1.165, 1.54) is 13.0 Å². The SMILES string of the molecule is C=C.C=C(C)C(=O)O.C=CCOC(=O)C(=C)C. The third kappa shape index (κ3) is 20.1. The summed E-state index contributed by atoms with van der Waals surface area (Å²) in [5, 5.41) is 7.89. The number of hydrogen-bond acceptors (Lipinski definition) is 3. The summed E-state index contributed by atoms with van der Waals surface area (Å²) in [6.45, 7) is 19.2. The average Bonchev–Trinajstić information content (AvgIpc) is 2.29. The molecule has 0 rings (SSSR count). The van der Waals surface area contributed by atoms with E-state index in [0.29, 0.717) is 5.57 Å². The van der Waals surface area contributed by atoms with Gasteiger partial charge in [0, 0.05) is 11.1 Å². The van der Waals surface area contributed by atoms with Crippen LogP contribution in [0.1, 0.15) is 13.8 Å². The number of carboxylic acids is 1. The van der Waals surface area contributed by atoms with Gasteiger partial charge in [-0.05, 0) is 13.8 Å². The van der Waals surface area contributed by atoms with E-state index in [-0.39, 0.29) is 18.1 Å². The van der Waals surface area contributed by atoms with Crippen molar-refractivity contribution in [1.29, 1.82) is 0 Å². The molecule has 0 heterocycles. The predicted molar refractivity (Wildman–Crippen MR) is 69.7 cm³/mol. The Kier molecular flexibility index (Phi) is 16.6. The number of carbonyl (C=O) groups is 2. The smallest absolute Gasteiger partial charge is 0.333 e. The molecular weight excluding hydrogens is 220 g/mol. The maximum atomic E-state index is 10.5. The Morgan fingerprint density at radius 3 is 1.71 bits per heavy atom. The van der Waals surface area contributed by atoms with Crippen molar-refractivity contribution in [2.75, 3.05) is 6.61 Å². The topological polar surface area (TPSA) is 63.6 Å². The van der Waals surface area contributed by atoms with Crippen LogP contribution in [-0.2, 0) is 14.3 Å². The lowest BCUT2D eigenvalue weighted by atomic mass is 10.4. The number of carbonyl (C=O) groups excluding carboxylic acids is 1. The highest BCUT2D eigenvalue weighted by molar-refractivity contribution is 5.87. The first-order valence-electron chi connectivity index (χ1n) is 4.65. The minimum Gasteiger partial charge on any atom is -0.478 e. The van der Waals surface area contributed by atoms with Gasteiger partial charge in [-0.15, -0.1) is 13.2 Å². The second kappa shape index (κ2) is 13.9. The van der Waals surface area contributed by atoms with Gasteiger partial charge >= 0.3 is 11.9 Å². The molecule has 17 heavy (non-hydrogen) atoms. The fourth-order valence-electron chi connectivity index (χ4n) is 0.258. The summed E-state index contributed by atoms with van der Waals surface area (Å²) in [4.78, 5) is 20.1. The van der Waals surface area contributed by atoms with Gasteiger partial charge in [-0.2, -0.15) is 0 Å². The van der Waals surface area contributed by atoms with Crippen molar-refractivity contribution in [3.05, 3.63) is 50.1 Å². The molecule has 0 amide bonds. The molecule has 0 atom stereocenters. The molecule has 0 aromatic heterocycles. The molecule has 0 aliphatic heterocycles. The summed E-state index contributed by atoms with van der Waals surface area (Å²) in [7, 11) is 0. The lowest BCUT2D eigenvalue weighted by Gasteiger charge is -1.97. The zero-order valence-corrected chi connectivity index (χ0v) is 10.5. The molecule has 0 spiro atoms. The van der Waals surface area contributed by atoms with Gasteiger partial charge < -0.3 is 9.84 Å². The van der Waals surface area contributed by atoms with E-state index >= 15 is 0 Å². The van der Waals surface area contributed by atoms with Crippen molar-refractivity contribution in [1.82, 2.24) is 0 Å². The average molecular weight is 240 g/mol. The lowest BCUT2D eigenvalue weighted by molar-refractivity contribution is -0.137. The van der Waals surface area contributed by atoms with Crippen LogP contribution in [0.3, 0.4) is 0 Å². The molecule has 0 bridgehead atoms. The molecule has 4 nitrogen and oxygen atoms in total. The number of esters is 1. The maximum absolute atomic E-state index is 10.5. The minimum absolute atomic E-state index is 0.176. The van der Waals surface area contributed by atoms with Crippen molar-refractivity contribution in [3.63, 3.8) is 0 Å². The third-order valence-corrected chi connectivity index (χ3v) is 1.05. The first-order chi connectivity index (χ1) is 7.82. The summed E-state index contributed by atoms with van der Waals surface area (Å²) < 4.78 is 4.60. The highest BCUT2D eigenvalue weighted by Gasteiger charge is 1.98. The van der Waals surface area contributed by atoms with Gasteiger partial charge in [0.25, 0.3) is 0 Å². The highest BCUT2D eigenvalue weighted by atomic mass is 16.5. The van der Waals surface area contributed by atoms with Gasteiger partial charge in [0.2, 0.25) is 0 Å². The van der Waals surface area contributed by atoms with Crippen LogP contribution in [-0.4, -0.2) is 23.7 Å². The van der Waals surface area contributed by atoms with Crippen LogP contribution in [0.2, 0.25) is 0 Å². The molecule has 4 heteroatoms. The Morgan fingerprint density at radius 1 is 1.18 bits per heavy atom. The molecule has 1 N–H and O–H groups in total. The first-order valence-corrected chi connectivity index (χ1v) is 4.65. The van der Waals surface area contributed by atoms with Crippen LogP contribution < -0.4 is 0 Å². The van der Waals surface area contributed by atoms with E-state index in [2.05, 4.69) is 37.6 Å². The van der Waals surface area contributed by atoms with Gasteiger partial charge in [0.15, 0.2) is 0 Å². The minimum atomic E-state index is -0.935. The molecule has 96 valence electrons. The van der Waals surface area contributed by atoms with Crippen molar-refractivity contribution in [2.45, 2.75) is 13.8 Å². The second-order valence-electron chi connectivity index (χ2n) is 2.75. The quantitative estimate of drug-likeness (QED) is 0.466. The Balaban J connectivity index is -0.000000213. The molecule has 0 aliphatic rings. The Bertz CT molecular complexity index is 278. The Labute approximate surface area is 103 Å². The monoisotopic (exact) mass is 240 g/mol. The molecule has 0 aliphatic carbocycles. The fraction of sp³-hybridized carbons (Fsp3) is 0.231. The number of ether oxygens (including phenoxy) is 1. The number of carboxylic acid groups (broad SMARTS) is 1. The summed E-state index contributed by atoms with van der Waals surface area (Å²) in [6.07, 6.45) is 1.51. The molecule has 0 radical (unpaired) electrons. The normalized spacial score (nSPS) is 7.18. The molecule has 0 aromatic rings. The van der Waals surface area contributed by atoms with Gasteiger partial charge in [-0.3, -0.25) is 0 Å². The van der Waals surface area contributed by atoms with Crippen LogP contribution >= 0.6 is 0 Å². The Hall–Kier alpha value is -2.10. The van der Waals surface area contributed by atoms with Crippen molar-refractivity contribution >= 4 is 11.9 Å². The Morgan fingerprint density at radius 2 is 1.53 bits per heavy atom. The molecule has 0 saturated heterocycles. The molecule has 0 unspecified atom stereocenters. The van der Waals surface area contributed by atoms with E-state index in [9.17, 15) is 9.59 Å². The highest BCUT2D eigenvalue weighted by Crippen LogP contribution is 1.90. The second-order valence-corrected chi connectivity index (χ2v) is 2.75. The van der Waals surface area contributed by atoms with Crippen LogP contribution in [0.15, 0.2) is 50.1 Å². The van der Waals surface area contributed by atoms with E-state index in [0.717, 1.165) is 0 Å². The van der Waals surface area contributed by atoms with Crippen molar-refractivity contribution in [2.24, 2.45) is 0 Å². The van der Waals surface area contributed by atoms with Crippen LogP contribution in [0, 0.1) is 0 Å². The summed E-state index contributed by atoms with van der Waals surface area (Å²) in [5.74, 6) is -1.30. The van der Waals surface area contributed by atoms with Gasteiger partial charge in [0.05, 0.1) is 0 Å². The summed E-state index contributed by atoms with van der Waals surface area (Å²) in [6, 6.07) is 0. The van der Waals surface area contributed by atoms with Crippen LogP contribution in [0.25, 0.3) is 0 Å². The van der Waals surface area contributed by atoms with Gasteiger partial charge in [-0.1, -0.05) is 25.8 Å². The largest absolute Gasteiger partial charge is 0.478 e. The zero-order chi connectivity index (χ0) is 14.4. The van der Waals surface area contributed by atoms with Crippen molar-refractivity contribution < 1.29 is 19.4 Å². The summed E-state index contributed by atoms with van der Waals surface area (Å²) in [5.41, 5.74) is 0.590. The van der Waals surface area contributed by atoms with E-state index in [1.807, 2.05) is 0 Å². The van der Waals surface area contributed by atoms with E-state index in [1.54, 1.807) is 6.92 Å². The number of aliphatic carboxylic acids is 1. The van der Waals surface area contributed by atoms with Crippen LogP contribution in [0.4, 0.5) is 0 Å². The predicted octanol–water partition coefficient (Wildman–Crippen LogP) is 2.74. The van der Waals surface area contributed by atoms with Crippen LogP contribution in [0.5, 0.6) is 0 Å². The van der Waals surface area contributed by atoms with E-state index < -0.39 is 5.97 Å². The third-order valence-electron chi connectivity index (χ3n) is 1.05. The summed E-state index contributed by atoms with van der Waals surface area (Å²) >= 11 is 0. The molecular formula is C13H20O4. The fourth-order valence-corrected chi connectivity index (χ4v) is 0.258. The van der Waals surface area contributed by atoms with E-state index in [4.69, 9.17) is 5.11 Å². The van der Waals surface area contributed by atoms with Gasteiger partial charge in [0.1, 0.15) is 6.61 Å². The molecule has 0 fully saturated rings. The first kappa shape index (κ1) is 20.3. The van der Waals surface area contributed by atoms with Gasteiger partial charge in [-0.25, -0.2) is 9.59 Å². The molecule has 0 saturated carbocycles. The van der Waals surface area contributed by atoms with Crippen molar-refractivity contribution in [3.8, 4) is 0 Å².